The Kier molecular flexibility index (Phi) is 7.86. The Morgan fingerprint density at radius 1 is 0.417 bits per heavy atom. The molecular formula is C59H49N. The van der Waals surface area contributed by atoms with E-state index in [1.807, 2.05) is 0 Å². The summed E-state index contributed by atoms with van der Waals surface area (Å²) in [6, 6.07) is 70.5. The molecule has 1 spiro atoms. The van der Waals surface area contributed by atoms with Crippen molar-refractivity contribution in [1.29, 1.82) is 0 Å². The van der Waals surface area contributed by atoms with Crippen LogP contribution in [0.25, 0.3) is 55.6 Å². The monoisotopic (exact) mass is 771 g/mol. The highest BCUT2D eigenvalue weighted by Gasteiger charge is 2.60. The molecule has 0 saturated heterocycles. The second-order valence-electron chi connectivity index (χ2n) is 18.5. The van der Waals surface area contributed by atoms with Gasteiger partial charge in [-0.15, -0.1) is 0 Å². The van der Waals surface area contributed by atoms with Crippen LogP contribution in [0.3, 0.4) is 0 Å². The van der Waals surface area contributed by atoms with Gasteiger partial charge in [-0.3, -0.25) is 0 Å². The summed E-state index contributed by atoms with van der Waals surface area (Å²) in [7, 11) is 0. The normalized spacial score (nSPS) is 21.1. The molecule has 0 heterocycles. The van der Waals surface area contributed by atoms with Gasteiger partial charge in [-0.25, -0.2) is 0 Å². The molecule has 2 saturated carbocycles. The number of rotatable bonds is 6. The van der Waals surface area contributed by atoms with E-state index < -0.39 is 0 Å². The Morgan fingerprint density at radius 3 is 1.55 bits per heavy atom. The van der Waals surface area contributed by atoms with Crippen LogP contribution in [0.1, 0.15) is 62.3 Å². The van der Waals surface area contributed by atoms with Crippen LogP contribution < -0.4 is 4.90 Å². The average Bonchev–Trinajstić information content (AvgIpc) is 3.97. The van der Waals surface area contributed by atoms with Gasteiger partial charge in [0.15, 0.2) is 0 Å². The van der Waals surface area contributed by atoms with Crippen molar-refractivity contribution < 1.29 is 0 Å². The van der Waals surface area contributed by atoms with Gasteiger partial charge in [0.1, 0.15) is 0 Å². The molecule has 3 unspecified atom stereocenters. The minimum Gasteiger partial charge on any atom is -0.310 e. The Balaban J connectivity index is 0.946. The van der Waals surface area contributed by atoms with Gasteiger partial charge < -0.3 is 4.90 Å². The first kappa shape index (κ1) is 35.5. The zero-order valence-corrected chi connectivity index (χ0v) is 34.7. The molecule has 290 valence electrons. The smallest absolute Gasteiger partial charge is 0.0465 e. The number of anilines is 3. The molecule has 0 radical (unpaired) electrons. The van der Waals surface area contributed by atoms with Gasteiger partial charge in [0.05, 0.1) is 0 Å². The van der Waals surface area contributed by atoms with E-state index in [0.717, 1.165) is 34.8 Å². The maximum Gasteiger partial charge on any atom is 0.0465 e. The number of hydrogen-bond acceptors (Lipinski definition) is 1. The predicted molar refractivity (Wildman–Crippen MR) is 251 cm³/mol. The maximum absolute atomic E-state index is 2.54. The number of fused-ring (bicyclic) bond motifs is 11. The van der Waals surface area contributed by atoms with Gasteiger partial charge in [-0.05, 0) is 157 Å². The van der Waals surface area contributed by atoms with Crippen LogP contribution in [0, 0.1) is 17.8 Å². The van der Waals surface area contributed by atoms with Gasteiger partial charge in [-0.1, -0.05) is 166 Å². The van der Waals surface area contributed by atoms with Gasteiger partial charge in [0.25, 0.3) is 0 Å². The highest BCUT2D eigenvalue weighted by Crippen LogP contribution is 2.68. The van der Waals surface area contributed by atoms with Crippen LogP contribution in [-0.4, -0.2) is 0 Å². The molecule has 8 aromatic rings. The summed E-state index contributed by atoms with van der Waals surface area (Å²) in [5, 5.41) is 0. The average molecular weight is 772 g/mol. The first-order valence-electron chi connectivity index (χ1n) is 22.0. The van der Waals surface area contributed by atoms with Crippen LogP contribution in [0.15, 0.2) is 188 Å². The fourth-order valence-corrected chi connectivity index (χ4v) is 12.5. The number of nitrogens with zero attached hydrogens (tertiary/aromatic N) is 1. The molecule has 1 nitrogen and oxygen atoms in total. The van der Waals surface area contributed by atoms with Crippen molar-refractivity contribution in [2.75, 3.05) is 4.90 Å². The van der Waals surface area contributed by atoms with Gasteiger partial charge in [0.2, 0.25) is 0 Å². The van der Waals surface area contributed by atoms with Gasteiger partial charge in [0, 0.05) is 27.9 Å². The van der Waals surface area contributed by atoms with E-state index in [1.165, 1.54) is 86.0 Å². The van der Waals surface area contributed by atoms with E-state index in [-0.39, 0.29) is 10.8 Å². The van der Waals surface area contributed by atoms with E-state index in [0.29, 0.717) is 0 Å². The van der Waals surface area contributed by atoms with Crippen molar-refractivity contribution in [2.24, 2.45) is 17.8 Å². The molecule has 1 heteroatoms. The van der Waals surface area contributed by atoms with E-state index in [4.69, 9.17) is 0 Å². The highest BCUT2D eigenvalue weighted by atomic mass is 15.1. The molecule has 0 N–H and O–H groups in total. The summed E-state index contributed by atoms with van der Waals surface area (Å²) in [4.78, 5) is 2.42. The first-order valence-corrected chi connectivity index (χ1v) is 22.0. The second kappa shape index (κ2) is 13.3. The largest absolute Gasteiger partial charge is 0.310 e. The summed E-state index contributed by atoms with van der Waals surface area (Å²) in [6.07, 6.45) is 4.05. The summed E-state index contributed by atoms with van der Waals surface area (Å²) < 4.78 is 0. The Bertz CT molecular complexity index is 2860. The molecule has 0 aliphatic heterocycles. The lowest BCUT2D eigenvalue weighted by Crippen LogP contribution is -2.32. The summed E-state index contributed by atoms with van der Waals surface area (Å²) >= 11 is 0. The van der Waals surface area contributed by atoms with Crippen molar-refractivity contribution >= 4 is 17.1 Å². The minimum absolute atomic E-state index is 0.155. The molecule has 12 rings (SSSR count). The lowest BCUT2D eigenvalue weighted by Gasteiger charge is -2.37. The first-order chi connectivity index (χ1) is 29.4. The SMILES string of the molecule is C[C@H]1C2CCC1C1(C2)c2ccccc2-c2c(-c3ccc4c(c3)C(C)(C)c3cc(N(c5ccc(-c6ccccc6)cc5)c5ccc(-c6ccccc6)cc5)ccc3-4)cccc21. The molecule has 0 aromatic heterocycles. The van der Waals surface area contributed by atoms with E-state index in [1.54, 1.807) is 11.1 Å². The van der Waals surface area contributed by atoms with Crippen LogP contribution in [0.2, 0.25) is 0 Å². The highest BCUT2D eigenvalue weighted by molar-refractivity contribution is 5.95. The zero-order valence-electron chi connectivity index (χ0n) is 34.7. The molecule has 4 atom stereocenters. The van der Waals surface area contributed by atoms with Gasteiger partial charge in [-0.2, -0.15) is 0 Å². The number of hydrogen-bond donors (Lipinski definition) is 0. The predicted octanol–water partition coefficient (Wildman–Crippen LogP) is 15.8. The Labute approximate surface area is 355 Å². The topological polar surface area (TPSA) is 3.24 Å². The fraction of sp³-hybridized carbons (Fsp3) is 0.186. The quantitative estimate of drug-likeness (QED) is 0.163. The summed E-state index contributed by atoms with van der Waals surface area (Å²) in [5.74, 6) is 2.35. The molecule has 8 aromatic carbocycles. The van der Waals surface area contributed by atoms with Crippen LogP contribution >= 0.6 is 0 Å². The van der Waals surface area contributed by atoms with Crippen molar-refractivity contribution in [1.82, 2.24) is 0 Å². The van der Waals surface area contributed by atoms with Gasteiger partial charge >= 0.3 is 0 Å². The Morgan fingerprint density at radius 2 is 0.933 bits per heavy atom. The molecule has 2 bridgehead atoms. The second-order valence-corrected chi connectivity index (χ2v) is 18.5. The van der Waals surface area contributed by atoms with E-state index >= 15 is 0 Å². The molecule has 0 amide bonds. The third kappa shape index (κ3) is 5.11. The maximum atomic E-state index is 2.54. The van der Waals surface area contributed by atoms with Crippen molar-refractivity contribution in [3.05, 3.63) is 210 Å². The number of benzene rings is 8. The van der Waals surface area contributed by atoms with E-state index in [2.05, 4.69) is 214 Å². The molecule has 4 aliphatic carbocycles. The summed E-state index contributed by atoms with van der Waals surface area (Å²) in [6.45, 7) is 7.39. The third-order valence-corrected chi connectivity index (χ3v) is 15.4. The van der Waals surface area contributed by atoms with Crippen LogP contribution in [-0.2, 0) is 10.8 Å². The Hall–Kier alpha value is -6.44. The fourth-order valence-electron chi connectivity index (χ4n) is 12.5. The molecule has 2 fully saturated rings. The lowest BCUT2D eigenvalue weighted by molar-refractivity contribution is 0.316. The third-order valence-electron chi connectivity index (χ3n) is 15.4. The molecular weight excluding hydrogens is 723 g/mol. The van der Waals surface area contributed by atoms with Crippen molar-refractivity contribution in [3.8, 4) is 55.6 Å². The summed E-state index contributed by atoms with van der Waals surface area (Å²) in [5.41, 5.74) is 22.6. The van der Waals surface area contributed by atoms with Crippen molar-refractivity contribution in [2.45, 2.75) is 50.9 Å². The lowest BCUT2D eigenvalue weighted by atomic mass is 9.66. The standard InChI is InChI=1S/C59H49N/c1-38-44-26-34-52(38)59(37-44)53-19-11-10-17-51(53)57-48(18-12-20-54(57)59)43-25-32-49-50-33-31-47(36-56(50)58(2,3)55(49)35-43)60(45-27-21-41(22-28-45)39-13-6-4-7-14-39)46-29-23-42(24-30-46)40-15-8-5-9-16-40/h4-25,27-33,35-36,38,44,52H,26,34,37H2,1-3H3/t38-,44?,52?,59?/m0/s1. The zero-order chi connectivity index (χ0) is 40.2. The van der Waals surface area contributed by atoms with E-state index in [9.17, 15) is 0 Å². The molecule has 60 heavy (non-hydrogen) atoms. The molecule has 4 aliphatic rings. The van der Waals surface area contributed by atoms with Crippen LogP contribution in [0.5, 0.6) is 0 Å². The van der Waals surface area contributed by atoms with Crippen molar-refractivity contribution in [3.63, 3.8) is 0 Å². The minimum atomic E-state index is -0.187. The van der Waals surface area contributed by atoms with Crippen LogP contribution in [0.4, 0.5) is 17.1 Å².